The third-order valence-corrected chi connectivity index (χ3v) is 2.83. The van der Waals surface area contributed by atoms with Gasteiger partial charge in [0.1, 0.15) is 0 Å². The number of carboxylic acids is 1. The predicted molar refractivity (Wildman–Crippen MR) is 54.6 cm³/mol. The quantitative estimate of drug-likeness (QED) is 0.810. The molecule has 3 heteroatoms. The average Bonchev–Trinajstić information content (AvgIpc) is 2.29. The zero-order valence-corrected chi connectivity index (χ0v) is 8.94. The van der Waals surface area contributed by atoms with Gasteiger partial charge in [0.15, 0.2) is 0 Å². The zero-order chi connectivity index (χ0) is 10.0. The van der Waals surface area contributed by atoms with E-state index in [4.69, 9.17) is 5.11 Å². The Bertz CT molecular complexity index is 313. The molecule has 0 aliphatic carbocycles. The first-order valence-corrected chi connectivity index (χ1v) is 5.15. The molecular weight excluding hydrogens is 184 g/mol. The van der Waals surface area contributed by atoms with Crippen LogP contribution in [0.3, 0.4) is 0 Å². The Morgan fingerprint density at radius 2 is 2.23 bits per heavy atom. The highest BCUT2D eigenvalue weighted by atomic mass is 32.1. The standard InChI is InChI=1S/C10H14O2S/c1-6(2)4-9-8(10(11)12)5-7(3)13-9/h5-6H,4H2,1-3H3,(H,11,12). The van der Waals surface area contributed by atoms with Crippen LogP contribution in [0.2, 0.25) is 0 Å². The molecule has 1 heterocycles. The van der Waals surface area contributed by atoms with Crippen LogP contribution in [0.1, 0.15) is 34.0 Å². The predicted octanol–water partition coefficient (Wildman–Crippen LogP) is 2.95. The van der Waals surface area contributed by atoms with Gasteiger partial charge in [0, 0.05) is 9.75 Å². The number of hydrogen-bond acceptors (Lipinski definition) is 2. The number of aryl methyl sites for hydroxylation is 1. The fraction of sp³-hybridized carbons (Fsp3) is 0.500. The monoisotopic (exact) mass is 198 g/mol. The molecule has 1 aromatic rings. The Hall–Kier alpha value is -0.830. The van der Waals surface area contributed by atoms with E-state index in [0.717, 1.165) is 16.2 Å². The first-order valence-electron chi connectivity index (χ1n) is 4.33. The molecule has 1 rings (SSSR count). The maximum absolute atomic E-state index is 10.8. The van der Waals surface area contributed by atoms with Crippen LogP contribution in [0.15, 0.2) is 6.07 Å². The van der Waals surface area contributed by atoms with Gasteiger partial charge in [0.2, 0.25) is 0 Å². The summed E-state index contributed by atoms with van der Waals surface area (Å²) in [5, 5.41) is 8.90. The van der Waals surface area contributed by atoms with Crippen LogP contribution >= 0.6 is 11.3 Å². The molecule has 0 fully saturated rings. The minimum absolute atomic E-state index is 0.483. The summed E-state index contributed by atoms with van der Waals surface area (Å²) in [4.78, 5) is 12.9. The molecule has 0 radical (unpaired) electrons. The second-order valence-corrected chi connectivity index (χ2v) is 4.94. The van der Waals surface area contributed by atoms with Crippen LogP contribution in [0, 0.1) is 12.8 Å². The van der Waals surface area contributed by atoms with Gasteiger partial charge in [-0.2, -0.15) is 0 Å². The summed E-state index contributed by atoms with van der Waals surface area (Å²) in [5.41, 5.74) is 0.483. The van der Waals surface area contributed by atoms with Gasteiger partial charge in [0.05, 0.1) is 5.56 Å². The highest BCUT2D eigenvalue weighted by Gasteiger charge is 2.13. The van der Waals surface area contributed by atoms with Crippen LogP contribution in [0.25, 0.3) is 0 Å². The average molecular weight is 198 g/mol. The fourth-order valence-electron chi connectivity index (χ4n) is 1.27. The lowest BCUT2D eigenvalue weighted by Crippen LogP contribution is -2.01. The molecule has 0 unspecified atom stereocenters. The van der Waals surface area contributed by atoms with Crippen molar-refractivity contribution < 1.29 is 9.90 Å². The lowest BCUT2D eigenvalue weighted by molar-refractivity contribution is 0.0696. The summed E-state index contributed by atoms with van der Waals surface area (Å²) >= 11 is 1.59. The van der Waals surface area contributed by atoms with Gasteiger partial charge in [-0.3, -0.25) is 0 Å². The maximum Gasteiger partial charge on any atom is 0.336 e. The Morgan fingerprint density at radius 3 is 2.69 bits per heavy atom. The fourth-order valence-corrected chi connectivity index (χ4v) is 2.50. The number of rotatable bonds is 3. The van der Waals surface area contributed by atoms with Crippen LogP contribution in [-0.2, 0) is 6.42 Å². The summed E-state index contributed by atoms with van der Waals surface area (Å²) < 4.78 is 0. The van der Waals surface area contributed by atoms with Crippen molar-refractivity contribution in [3.63, 3.8) is 0 Å². The number of carbonyl (C=O) groups is 1. The Labute approximate surface area is 82.2 Å². The molecule has 13 heavy (non-hydrogen) atoms. The number of aromatic carboxylic acids is 1. The molecule has 0 bridgehead atoms. The van der Waals surface area contributed by atoms with E-state index in [2.05, 4.69) is 13.8 Å². The maximum atomic E-state index is 10.8. The van der Waals surface area contributed by atoms with Gasteiger partial charge in [0.25, 0.3) is 0 Å². The first kappa shape index (κ1) is 10.3. The van der Waals surface area contributed by atoms with E-state index in [9.17, 15) is 4.79 Å². The van der Waals surface area contributed by atoms with Gasteiger partial charge in [-0.15, -0.1) is 11.3 Å². The van der Waals surface area contributed by atoms with Gasteiger partial charge in [-0.05, 0) is 25.3 Å². The molecule has 0 aliphatic heterocycles. The molecule has 1 N–H and O–H groups in total. The van der Waals surface area contributed by atoms with Crippen LogP contribution < -0.4 is 0 Å². The lowest BCUT2D eigenvalue weighted by atomic mass is 10.1. The third kappa shape index (κ3) is 2.56. The minimum Gasteiger partial charge on any atom is -0.478 e. The van der Waals surface area contributed by atoms with Crippen LogP contribution in [0.5, 0.6) is 0 Å². The van der Waals surface area contributed by atoms with Gasteiger partial charge >= 0.3 is 5.97 Å². The molecule has 2 nitrogen and oxygen atoms in total. The number of hydrogen-bond donors (Lipinski definition) is 1. The largest absolute Gasteiger partial charge is 0.478 e. The van der Waals surface area contributed by atoms with Crippen molar-refractivity contribution in [1.82, 2.24) is 0 Å². The third-order valence-electron chi connectivity index (χ3n) is 1.76. The zero-order valence-electron chi connectivity index (χ0n) is 8.13. The molecule has 0 aliphatic rings. The second kappa shape index (κ2) is 3.92. The summed E-state index contributed by atoms with van der Waals surface area (Å²) in [6.07, 6.45) is 0.861. The van der Waals surface area contributed by atoms with E-state index >= 15 is 0 Å². The van der Waals surface area contributed by atoms with E-state index < -0.39 is 5.97 Å². The smallest absolute Gasteiger partial charge is 0.336 e. The summed E-state index contributed by atoms with van der Waals surface area (Å²) in [6.45, 7) is 6.14. The van der Waals surface area contributed by atoms with E-state index in [1.54, 1.807) is 17.4 Å². The molecule has 0 saturated heterocycles. The van der Waals surface area contributed by atoms with E-state index in [1.165, 1.54) is 0 Å². The van der Waals surface area contributed by atoms with E-state index in [-0.39, 0.29) is 0 Å². The first-order chi connectivity index (χ1) is 6.00. The SMILES string of the molecule is Cc1cc(C(=O)O)c(CC(C)C)s1. The number of carboxylic acid groups (broad SMARTS) is 1. The van der Waals surface area contributed by atoms with E-state index in [1.807, 2.05) is 6.92 Å². The highest BCUT2D eigenvalue weighted by Crippen LogP contribution is 2.24. The molecular formula is C10H14O2S. The highest BCUT2D eigenvalue weighted by molar-refractivity contribution is 7.12. The Kier molecular flexibility index (Phi) is 3.09. The molecule has 72 valence electrons. The summed E-state index contributed by atoms with van der Waals surface area (Å²) in [5.74, 6) is -0.295. The molecule has 0 spiro atoms. The molecule has 0 saturated carbocycles. The molecule has 0 atom stereocenters. The lowest BCUT2D eigenvalue weighted by Gasteiger charge is -2.02. The molecule has 0 aromatic carbocycles. The van der Waals surface area contributed by atoms with Crippen LogP contribution in [-0.4, -0.2) is 11.1 Å². The summed E-state index contributed by atoms with van der Waals surface area (Å²) in [6, 6.07) is 1.75. The van der Waals surface area contributed by atoms with E-state index in [0.29, 0.717) is 11.5 Å². The van der Waals surface area contributed by atoms with Crippen molar-refractivity contribution in [2.75, 3.05) is 0 Å². The van der Waals surface area contributed by atoms with Gasteiger partial charge in [-0.25, -0.2) is 4.79 Å². The van der Waals surface area contributed by atoms with Gasteiger partial charge < -0.3 is 5.11 Å². The van der Waals surface area contributed by atoms with Crippen molar-refractivity contribution >= 4 is 17.3 Å². The van der Waals surface area contributed by atoms with Crippen molar-refractivity contribution in [2.45, 2.75) is 27.2 Å². The normalized spacial score (nSPS) is 10.8. The van der Waals surface area contributed by atoms with Crippen molar-refractivity contribution in [1.29, 1.82) is 0 Å². The van der Waals surface area contributed by atoms with Crippen LogP contribution in [0.4, 0.5) is 0 Å². The molecule has 0 amide bonds. The van der Waals surface area contributed by atoms with Crippen molar-refractivity contribution in [2.24, 2.45) is 5.92 Å². The van der Waals surface area contributed by atoms with Crippen molar-refractivity contribution in [3.05, 3.63) is 21.4 Å². The minimum atomic E-state index is -0.806. The Morgan fingerprint density at radius 1 is 1.62 bits per heavy atom. The second-order valence-electron chi connectivity index (χ2n) is 3.60. The van der Waals surface area contributed by atoms with Gasteiger partial charge in [-0.1, -0.05) is 13.8 Å². The number of thiophene rings is 1. The summed E-state index contributed by atoms with van der Waals surface area (Å²) in [7, 11) is 0. The molecule has 1 aromatic heterocycles. The topological polar surface area (TPSA) is 37.3 Å². The van der Waals surface area contributed by atoms with Crippen molar-refractivity contribution in [3.8, 4) is 0 Å². The Balaban J connectivity index is 2.97.